The molecule has 30 heavy (non-hydrogen) atoms. The van der Waals surface area contributed by atoms with E-state index < -0.39 is 10.0 Å². The maximum Gasteiger partial charge on any atom is 0.319 e. The number of aromatic nitrogens is 2. The van der Waals surface area contributed by atoms with Crippen LogP contribution in [-0.2, 0) is 16.6 Å². The maximum atomic E-state index is 12.3. The summed E-state index contributed by atoms with van der Waals surface area (Å²) in [6.07, 6.45) is 1.62. The summed E-state index contributed by atoms with van der Waals surface area (Å²) in [5.74, 6) is 0.575. The third-order valence-electron chi connectivity index (χ3n) is 4.29. The third kappa shape index (κ3) is 5.08. The van der Waals surface area contributed by atoms with E-state index in [1.165, 1.54) is 7.11 Å². The van der Waals surface area contributed by atoms with Crippen molar-refractivity contribution < 1.29 is 17.9 Å². The Labute approximate surface area is 175 Å². The van der Waals surface area contributed by atoms with Crippen molar-refractivity contribution in [1.82, 2.24) is 19.6 Å². The van der Waals surface area contributed by atoms with E-state index in [0.717, 1.165) is 5.52 Å². The number of urea groups is 1. The Bertz CT molecular complexity index is 1140. The standard InChI is InChI=1S/C20H25N5O4S/c1-14(2)24-30(27,28)15-8-9-18-17(12-15)22-13-25(18)11-10-21-20(26)23-16-6-4-5-7-19(16)29-3/h4-9,12-14,24H,10-11H2,1-3H3,(H2,21,23,26). The van der Waals surface area contributed by atoms with Crippen molar-refractivity contribution in [1.29, 1.82) is 0 Å². The van der Waals surface area contributed by atoms with Gasteiger partial charge < -0.3 is 19.9 Å². The van der Waals surface area contributed by atoms with Crippen LogP contribution in [0.3, 0.4) is 0 Å². The number of benzene rings is 2. The molecule has 0 aliphatic rings. The Hall–Kier alpha value is -3.11. The number of hydrogen-bond donors (Lipinski definition) is 3. The summed E-state index contributed by atoms with van der Waals surface area (Å²) in [6.45, 7) is 4.37. The van der Waals surface area contributed by atoms with Crippen LogP contribution in [0.15, 0.2) is 53.7 Å². The lowest BCUT2D eigenvalue weighted by Gasteiger charge is -2.11. The van der Waals surface area contributed by atoms with Gasteiger partial charge in [-0.25, -0.2) is 22.9 Å². The average molecular weight is 432 g/mol. The van der Waals surface area contributed by atoms with Gasteiger partial charge in [0.2, 0.25) is 10.0 Å². The lowest BCUT2D eigenvalue weighted by atomic mass is 10.3. The second-order valence-electron chi connectivity index (χ2n) is 6.95. The molecule has 3 aromatic rings. The van der Waals surface area contributed by atoms with Gasteiger partial charge in [-0.05, 0) is 44.2 Å². The first-order valence-corrected chi connectivity index (χ1v) is 10.9. The summed E-state index contributed by atoms with van der Waals surface area (Å²) < 4.78 is 34.3. The number of sulfonamides is 1. The number of para-hydroxylation sites is 2. The van der Waals surface area contributed by atoms with Crippen molar-refractivity contribution in [3.63, 3.8) is 0 Å². The molecule has 0 atom stereocenters. The van der Waals surface area contributed by atoms with E-state index >= 15 is 0 Å². The Balaban J connectivity index is 1.62. The van der Waals surface area contributed by atoms with Gasteiger partial charge in [-0.3, -0.25) is 0 Å². The van der Waals surface area contributed by atoms with Crippen LogP contribution in [0, 0.1) is 0 Å². The zero-order valence-corrected chi connectivity index (χ0v) is 17.9. The molecule has 9 nitrogen and oxygen atoms in total. The van der Waals surface area contributed by atoms with Gasteiger partial charge in [-0.2, -0.15) is 0 Å². The smallest absolute Gasteiger partial charge is 0.319 e. The molecule has 0 saturated heterocycles. The monoisotopic (exact) mass is 431 g/mol. The summed E-state index contributed by atoms with van der Waals surface area (Å²) >= 11 is 0. The predicted molar refractivity (Wildman–Crippen MR) is 115 cm³/mol. The van der Waals surface area contributed by atoms with Crippen molar-refractivity contribution in [2.24, 2.45) is 0 Å². The third-order valence-corrected chi connectivity index (χ3v) is 5.94. The highest BCUT2D eigenvalue weighted by molar-refractivity contribution is 7.89. The predicted octanol–water partition coefficient (Wildman–Crippen LogP) is 2.55. The van der Waals surface area contributed by atoms with E-state index in [4.69, 9.17) is 4.74 Å². The van der Waals surface area contributed by atoms with Crippen molar-refractivity contribution in [3.05, 3.63) is 48.8 Å². The molecule has 1 aromatic heterocycles. The maximum absolute atomic E-state index is 12.3. The molecule has 160 valence electrons. The van der Waals surface area contributed by atoms with Crippen molar-refractivity contribution in [2.45, 2.75) is 31.3 Å². The number of rotatable bonds is 8. The molecule has 1 heterocycles. The van der Waals surface area contributed by atoms with Crippen LogP contribution in [0.1, 0.15) is 13.8 Å². The lowest BCUT2D eigenvalue weighted by Crippen LogP contribution is -2.31. The van der Waals surface area contributed by atoms with Crippen LogP contribution in [-0.4, -0.2) is 43.7 Å². The first-order chi connectivity index (χ1) is 14.3. The molecule has 10 heteroatoms. The highest BCUT2D eigenvalue weighted by Crippen LogP contribution is 2.22. The van der Waals surface area contributed by atoms with E-state index in [9.17, 15) is 13.2 Å². The number of anilines is 1. The molecular formula is C20H25N5O4S. The van der Waals surface area contributed by atoms with Crippen molar-refractivity contribution in [3.8, 4) is 5.75 Å². The molecule has 2 amide bonds. The largest absolute Gasteiger partial charge is 0.495 e. The Morgan fingerprint density at radius 1 is 1.20 bits per heavy atom. The SMILES string of the molecule is COc1ccccc1NC(=O)NCCn1cnc2cc(S(=O)(=O)NC(C)C)ccc21. The first kappa shape index (κ1) is 21.6. The van der Waals surface area contributed by atoms with E-state index in [2.05, 4.69) is 20.3 Å². The first-order valence-electron chi connectivity index (χ1n) is 9.45. The molecule has 0 fully saturated rings. The molecule has 3 N–H and O–H groups in total. The normalized spacial score (nSPS) is 11.6. The summed E-state index contributed by atoms with van der Waals surface area (Å²) in [7, 11) is -2.04. The zero-order valence-electron chi connectivity index (χ0n) is 17.0. The number of carbonyl (C=O) groups excluding carboxylic acids is 1. The van der Waals surface area contributed by atoms with Crippen LogP contribution in [0.4, 0.5) is 10.5 Å². The second kappa shape index (κ2) is 9.14. The minimum Gasteiger partial charge on any atom is -0.495 e. The highest BCUT2D eigenvalue weighted by Gasteiger charge is 2.17. The molecule has 0 radical (unpaired) electrons. The molecule has 0 aliphatic carbocycles. The molecule has 0 unspecified atom stereocenters. The van der Waals surface area contributed by atoms with Crippen LogP contribution < -0.4 is 20.1 Å². The summed E-state index contributed by atoms with van der Waals surface area (Å²) in [4.78, 5) is 16.6. The van der Waals surface area contributed by atoms with E-state index in [1.807, 2.05) is 10.6 Å². The summed E-state index contributed by atoms with van der Waals surface area (Å²) in [5.41, 5.74) is 1.93. The lowest BCUT2D eigenvalue weighted by molar-refractivity contribution is 0.251. The Morgan fingerprint density at radius 3 is 2.70 bits per heavy atom. The van der Waals surface area contributed by atoms with E-state index in [-0.39, 0.29) is 17.0 Å². The van der Waals surface area contributed by atoms with Crippen LogP contribution in [0.2, 0.25) is 0 Å². The van der Waals surface area contributed by atoms with Crippen molar-refractivity contribution in [2.75, 3.05) is 19.0 Å². The quantitative estimate of drug-likeness (QED) is 0.507. The van der Waals surface area contributed by atoms with Gasteiger partial charge in [0, 0.05) is 19.1 Å². The molecule has 0 saturated carbocycles. The number of methoxy groups -OCH3 is 1. The van der Waals surface area contributed by atoms with Gasteiger partial charge in [0.25, 0.3) is 0 Å². The molecule has 2 aromatic carbocycles. The molecular weight excluding hydrogens is 406 g/mol. The van der Waals surface area contributed by atoms with Gasteiger partial charge in [-0.15, -0.1) is 0 Å². The van der Waals surface area contributed by atoms with Gasteiger partial charge in [0.15, 0.2) is 0 Å². The van der Waals surface area contributed by atoms with Crippen LogP contribution >= 0.6 is 0 Å². The second-order valence-corrected chi connectivity index (χ2v) is 8.66. The van der Waals surface area contributed by atoms with Crippen molar-refractivity contribution >= 4 is 32.8 Å². The van der Waals surface area contributed by atoms with Gasteiger partial charge in [0.05, 0.1) is 35.1 Å². The van der Waals surface area contributed by atoms with E-state index in [0.29, 0.717) is 30.0 Å². The zero-order chi connectivity index (χ0) is 21.7. The van der Waals surface area contributed by atoms with Gasteiger partial charge >= 0.3 is 6.03 Å². The highest BCUT2D eigenvalue weighted by atomic mass is 32.2. The van der Waals surface area contributed by atoms with Crippen LogP contribution in [0.5, 0.6) is 5.75 Å². The number of carbonyl (C=O) groups is 1. The topological polar surface area (TPSA) is 114 Å². The Kier molecular flexibility index (Phi) is 6.58. The number of amides is 2. The van der Waals surface area contributed by atoms with E-state index in [1.54, 1.807) is 56.6 Å². The number of ether oxygens (including phenoxy) is 1. The minimum atomic E-state index is -3.58. The molecule has 0 bridgehead atoms. The molecule has 0 aliphatic heterocycles. The van der Waals surface area contributed by atoms with Gasteiger partial charge in [-0.1, -0.05) is 12.1 Å². The number of nitrogens with zero attached hydrogens (tertiary/aromatic N) is 2. The number of imidazole rings is 1. The fourth-order valence-electron chi connectivity index (χ4n) is 2.97. The Morgan fingerprint density at radius 2 is 1.97 bits per heavy atom. The summed E-state index contributed by atoms with van der Waals surface area (Å²) in [5, 5.41) is 5.53. The van der Waals surface area contributed by atoms with Gasteiger partial charge in [0.1, 0.15) is 5.75 Å². The fourth-order valence-corrected chi connectivity index (χ4v) is 4.24. The minimum absolute atomic E-state index is 0.170. The fraction of sp³-hybridized carbons (Fsp3) is 0.300. The number of hydrogen-bond acceptors (Lipinski definition) is 5. The number of fused-ring (bicyclic) bond motifs is 1. The molecule has 0 spiro atoms. The van der Waals surface area contributed by atoms with Crippen LogP contribution in [0.25, 0.3) is 11.0 Å². The molecule has 3 rings (SSSR count). The summed E-state index contributed by atoms with van der Waals surface area (Å²) in [6, 6.07) is 11.4. The number of nitrogens with one attached hydrogen (secondary N) is 3. The average Bonchev–Trinajstić information content (AvgIpc) is 3.10.